The van der Waals surface area contributed by atoms with Crippen LogP contribution < -0.4 is 4.90 Å². The van der Waals surface area contributed by atoms with Gasteiger partial charge in [-0.3, -0.25) is 5.10 Å². The molecule has 6 nitrogen and oxygen atoms in total. The largest absolute Gasteiger partial charge is 0.479 e. The van der Waals surface area contributed by atoms with Crippen LogP contribution in [-0.4, -0.2) is 47.1 Å². The number of rotatable bonds is 2. The quantitative estimate of drug-likeness (QED) is 0.822. The van der Waals surface area contributed by atoms with E-state index >= 15 is 0 Å². The summed E-state index contributed by atoms with van der Waals surface area (Å²) in [5, 5.41) is 16.9. The Morgan fingerprint density at radius 3 is 3.28 bits per heavy atom. The third kappa shape index (κ3) is 1.80. The summed E-state index contributed by atoms with van der Waals surface area (Å²) in [7, 11) is 0. The van der Waals surface area contributed by atoms with E-state index in [2.05, 4.69) is 10.2 Å². The molecule has 3 rings (SSSR count). The number of fused-ring (bicyclic) bond motifs is 1. The first-order valence-corrected chi connectivity index (χ1v) is 5.77. The van der Waals surface area contributed by atoms with Crippen molar-refractivity contribution in [3.05, 3.63) is 24.4 Å². The number of hydrogen-bond donors (Lipinski definition) is 2. The highest BCUT2D eigenvalue weighted by Crippen LogP contribution is 2.26. The maximum Gasteiger partial charge on any atom is 0.334 e. The van der Waals surface area contributed by atoms with Gasteiger partial charge < -0.3 is 14.7 Å². The number of ether oxygens (including phenoxy) is 1. The monoisotopic (exact) mass is 247 g/mol. The molecule has 94 valence electrons. The summed E-state index contributed by atoms with van der Waals surface area (Å²) in [5.41, 5.74) is 1.95. The second kappa shape index (κ2) is 4.30. The number of nitrogens with one attached hydrogen (secondary N) is 1. The van der Waals surface area contributed by atoms with Crippen molar-refractivity contribution in [2.24, 2.45) is 0 Å². The molecule has 1 fully saturated rings. The van der Waals surface area contributed by atoms with Gasteiger partial charge in [-0.25, -0.2) is 4.79 Å². The number of morpholine rings is 1. The maximum atomic E-state index is 11.0. The maximum absolute atomic E-state index is 11.0. The van der Waals surface area contributed by atoms with Crippen molar-refractivity contribution in [3.63, 3.8) is 0 Å². The number of aliphatic carboxylic acids is 1. The first kappa shape index (κ1) is 11.0. The summed E-state index contributed by atoms with van der Waals surface area (Å²) in [6.07, 6.45) is 0.997. The van der Waals surface area contributed by atoms with Crippen molar-refractivity contribution >= 4 is 22.6 Å². The van der Waals surface area contributed by atoms with Crippen LogP contribution in [0.3, 0.4) is 0 Å². The van der Waals surface area contributed by atoms with E-state index < -0.39 is 12.1 Å². The zero-order valence-corrected chi connectivity index (χ0v) is 9.67. The van der Waals surface area contributed by atoms with Gasteiger partial charge in [0, 0.05) is 17.6 Å². The molecular formula is C12H13N3O3. The van der Waals surface area contributed by atoms with Crippen LogP contribution in [0.4, 0.5) is 5.69 Å². The average molecular weight is 247 g/mol. The van der Waals surface area contributed by atoms with Crippen molar-refractivity contribution in [3.8, 4) is 0 Å². The van der Waals surface area contributed by atoms with E-state index in [0.29, 0.717) is 19.7 Å². The Bertz CT molecular complexity index is 581. The fourth-order valence-electron chi connectivity index (χ4n) is 2.25. The lowest BCUT2D eigenvalue weighted by Crippen LogP contribution is -2.46. The minimum atomic E-state index is -0.918. The zero-order valence-electron chi connectivity index (χ0n) is 9.67. The highest BCUT2D eigenvalue weighted by Gasteiger charge is 2.27. The number of benzene rings is 1. The molecule has 0 aliphatic carbocycles. The number of hydrogen-bond acceptors (Lipinski definition) is 4. The molecule has 2 N–H and O–H groups in total. The number of H-pyrrole nitrogens is 1. The van der Waals surface area contributed by atoms with Crippen LogP contribution in [0.1, 0.15) is 0 Å². The van der Waals surface area contributed by atoms with Gasteiger partial charge in [0.2, 0.25) is 0 Å². The third-order valence-electron chi connectivity index (χ3n) is 3.14. The number of anilines is 1. The summed E-state index contributed by atoms with van der Waals surface area (Å²) in [4.78, 5) is 13.0. The fourth-order valence-corrected chi connectivity index (χ4v) is 2.25. The standard InChI is InChI=1S/C12H13N3O3/c16-12(17)11-7-15(4-5-18-11)10-3-1-2-9-8(10)6-13-14-9/h1-3,6,11H,4-5,7H2,(H,13,14)(H,16,17). The number of carboxylic acids is 1. The second-order valence-corrected chi connectivity index (χ2v) is 4.25. The highest BCUT2D eigenvalue weighted by atomic mass is 16.5. The molecule has 1 saturated heterocycles. The van der Waals surface area contributed by atoms with Gasteiger partial charge in [0.25, 0.3) is 0 Å². The number of aromatic amines is 1. The van der Waals surface area contributed by atoms with Crippen molar-refractivity contribution in [2.45, 2.75) is 6.10 Å². The van der Waals surface area contributed by atoms with Gasteiger partial charge in [-0.2, -0.15) is 5.10 Å². The minimum absolute atomic E-state index is 0.361. The topological polar surface area (TPSA) is 78.5 Å². The van der Waals surface area contributed by atoms with Gasteiger partial charge in [0.05, 0.1) is 24.9 Å². The fraction of sp³-hybridized carbons (Fsp3) is 0.333. The van der Waals surface area contributed by atoms with Crippen molar-refractivity contribution < 1.29 is 14.6 Å². The number of aromatic nitrogens is 2. The van der Waals surface area contributed by atoms with E-state index in [1.807, 2.05) is 23.1 Å². The summed E-state index contributed by atoms with van der Waals surface area (Å²) in [5.74, 6) is -0.918. The van der Waals surface area contributed by atoms with Crippen LogP contribution >= 0.6 is 0 Å². The van der Waals surface area contributed by atoms with Gasteiger partial charge >= 0.3 is 5.97 Å². The molecule has 1 aromatic carbocycles. The van der Waals surface area contributed by atoms with Crippen LogP contribution in [-0.2, 0) is 9.53 Å². The van der Waals surface area contributed by atoms with Crippen molar-refractivity contribution in [1.82, 2.24) is 10.2 Å². The molecule has 6 heteroatoms. The SMILES string of the molecule is O=C(O)C1CN(c2cccc3[nH]ncc23)CCO1. The van der Waals surface area contributed by atoms with E-state index in [-0.39, 0.29) is 0 Å². The predicted octanol–water partition coefficient (Wildman–Crippen LogP) is 0.853. The highest BCUT2D eigenvalue weighted by molar-refractivity contribution is 5.91. The van der Waals surface area contributed by atoms with E-state index in [4.69, 9.17) is 9.84 Å². The molecule has 0 bridgehead atoms. The van der Waals surface area contributed by atoms with Crippen LogP contribution in [0.2, 0.25) is 0 Å². The number of nitrogens with zero attached hydrogens (tertiary/aromatic N) is 2. The van der Waals surface area contributed by atoms with Crippen molar-refractivity contribution in [2.75, 3.05) is 24.6 Å². The van der Waals surface area contributed by atoms with E-state index in [0.717, 1.165) is 16.6 Å². The molecule has 1 aromatic heterocycles. The molecule has 0 radical (unpaired) electrons. The lowest BCUT2D eigenvalue weighted by molar-refractivity contribution is -0.150. The Labute approximate surface area is 103 Å². The zero-order chi connectivity index (χ0) is 12.5. The molecule has 0 saturated carbocycles. The molecular weight excluding hydrogens is 234 g/mol. The van der Waals surface area contributed by atoms with Crippen LogP contribution in [0.15, 0.2) is 24.4 Å². The van der Waals surface area contributed by atoms with E-state index in [1.54, 1.807) is 6.20 Å². The normalized spacial score (nSPS) is 20.2. The molecule has 2 heterocycles. The van der Waals surface area contributed by atoms with E-state index in [1.165, 1.54) is 0 Å². The first-order valence-electron chi connectivity index (χ1n) is 5.77. The van der Waals surface area contributed by atoms with Gasteiger partial charge in [-0.05, 0) is 12.1 Å². The predicted molar refractivity (Wildman–Crippen MR) is 65.7 cm³/mol. The molecule has 1 unspecified atom stereocenters. The Balaban J connectivity index is 1.94. The number of carboxylic acid groups (broad SMARTS) is 1. The molecule has 18 heavy (non-hydrogen) atoms. The van der Waals surface area contributed by atoms with Gasteiger partial charge in [0.15, 0.2) is 6.10 Å². The van der Waals surface area contributed by atoms with Gasteiger partial charge in [0.1, 0.15) is 0 Å². The van der Waals surface area contributed by atoms with Crippen LogP contribution in [0, 0.1) is 0 Å². The van der Waals surface area contributed by atoms with Gasteiger partial charge in [-0.1, -0.05) is 6.07 Å². The minimum Gasteiger partial charge on any atom is -0.479 e. The molecule has 0 amide bonds. The molecule has 1 atom stereocenters. The second-order valence-electron chi connectivity index (χ2n) is 4.25. The lowest BCUT2D eigenvalue weighted by Gasteiger charge is -2.32. The smallest absolute Gasteiger partial charge is 0.334 e. The Morgan fingerprint density at radius 1 is 1.56 bits per heavy atom. The number of carbonyl (C=O) groups is 1. The average Bonchev–Trinajstić information content (AvgIpc) is 2.87. The Kier molecular flexibility index (Phi) is 2.64. The molecule has 1 aliphatic heterocycles. The molecule has 0 spiro atoms. The third-order valence-corrected chi connectivity index (χ3v) is 3.14. The molecule has 2 aromatic rings. The summed E-state index contributed by atoms with van der Waals surface area (Å²) in [6.45, 7) is 1.47. The lowest BCUT2D eigenvalue weighted by atomic mass is 10.1. The summed E-state index contributed by atoms with van der Waals surface area (Å²) < 4.78 is 5.22. The summed E-state index contributed by atoms with van der Waals surface area (Å²) >= 11 is 0. The molecule has 1 aliphatic rings. The van der Waals surface area contributed by atoms with Crippen LogP contribution in [0.25, 0.3) is 10.9 Å². The van der Waals surface area contributed by atoms with Gasteiger partial charge in [-0.15, -0.1) is 0 Å². The summed E-state index contributed by atoms with van der Waals surface area (Å²) in [6, 6.07) is 5.85. The Morgan fingerprint density at radius 2 is 2.44 bits per heavy atom. The van der Waals surface area contributed by atoms with E-state index in [9.17, 15) is 4.79 Å². The first-order chi connectivity index (χ1) is 8.75. The Hall–Kier alpha value is -2.08. The van der Waals surface area contributed by atoms with Crippen molar-refractivity contribution in [1.29, 1.82) is 0 Å². The van der Waals surface area contributed by atoms with Crippen LogP contribution in [0.5, 0.6) is 0 Å².